The summed E-state index contributed by atoms with van der Waals surface area (Å²) in [6, 6.07) is 15.2. The van der Waals surface area contributed by atoms with Crippen molar-refractivity contribution in [1.82, 2.24) is 10.3 Å². The molecule has 0 unspecified atom stereocenters. The molecule has 4 rings (SSSR count). The quantitative estimate of drug-likeness (QED) is 0.632. The minimum atomic E-state index is -0.0946. The van der Waals surface area contributed by atoms with Gasteiger partial charge in [-0.2, -0.15) is 0 Å². The predicted octanol–water partition coefficient (Wildman–Crippen LogP) is 3.19. The predicted molar refractivity (Wildman–Crippen MR) is 111 cm³/mol. The largest absolute Gasteiger partial charge is 0.368 e. The number of carbonyl (C=O) groups is 2. The van der Waals surface area contributed by atoms with Crippen LogP contribution in [0, 0.1) is 0 Å². The first-order chi connectivity index (χ1) is 13.7. The Kier molecular flexibility index (Phi) is 5.34. The van der Waals surface area contributed by atoms with Gasteiger partial charge in [0.15, 0.2) is 0 Å². The van der Waals surface area contributed by atoms with E-state index in [1.807, 2.05) is 29.6 Å². The molecule has 0 aliphatic carbocycles. The van der Waals surface area contributed by atoms with Crippen molar-refractivity contribution in [3.05, 3.63) is 76.1 Å². The fourth-order valence-electron chi connectivity index (χ4n) is 3.27. The van der Waals surface area contributed by atoms with E-state index < -0.39 is 0 Å². The van der Waals surface area contributed by atoms with Crippen LogP contribution in [0.4, 0.5) is 11.5 Å². The fraction of sp³-hybridized carbons (Fsp3) is 0.190. The maximum absolute atomic E-state index is 13.1. The smallest absolute Gasteiger partial charge is 0.262 e. The highest BCUT2D eigenvalue weighted by Crippen LogP contribution is 2.29. The first-order valence-corrected chi connectivity index (χ1v) is 10.0. The molecule has 0 bridgehead atoms. The number of amides is 2. The van der Waals surface area contributed by atoms with Crippen molar-refractivity contribution < 1.29 is 9.59 Å². The number of aromatic nitrogens is 1. The number of thiophene rings is 1. The van der Waals surface area contributed by atoms with Gasteiger partial charge in [-0.15, -0.1) is 11.3 Å². The molecule has 1 aliphatic rings. The molecule has 3 heterocycles. The number of anilines is 2. The van der Waals surface area contributed by atoms with Gasteiger partial charge in [0.05, 0.1) is 10.4 Å². The second-order valence-electron chi connectivity index (χ2n) is 6.40. The summed E-state index contributed by atoms with van der Waals surface area (Å²) >= 11 is 1.41. The van der Waals surface area contributed by atoms with Crippen LogP contribution in [0.5, 0.6) is 0 Å². The van der Waals surface area contributed by atoms with Crippen molar-refractivity contribution in [2.24, 2.45) is 0 Å². The molecule has 0 fully saturated rings. The normalized spacial score (nSPS) is 12.5. The van der Waals surface area contributed by atoms with Crippen LogP contribution in [0.25, 0.3) is 0 Å². The van der Waals surface area contributed by atoms with Gasteiger partial charge in [-0.05, 0) is 41.6 Å². The van der Waals surface area contributed by atoms with E-state index in [9.17, 15) is 9.59 Å². The van der Waals surface area contributed by atoms with Gasteiger partial charge in [-0.1, -0.05) is 24.3 Å². The minimum absolute atomic E-state index is 0.0665. The van der Waals surface area contributed by atoms with Crippen LogP contribution in [0.1, 0.15) is 25.6 Å². The van der Waals surface area contributed by atoms with Crippen molar-refractivity contribution in [3.63, 3.8) is 0 Å². The summed E-state index contributed by atoms with van der Waals surface area (Å²) in [4.78, 5) is 31.9. The molecule has 0 saturated heterocycles. The lowest BCUT2D eigenvalue weighted by Crippen LogP contribution is -2.31. The highest BCUT2D eigenvalue weighted by molar-refractivity contribution is 7.12. The number of para-hydroxylation sites is 1. The molecule has 0 radical (unpaired) electrons. The van der Waals surface area contributed by atoms with E-state index in [0.717, 1.165) is 12.1 Å². The number of pyridine rings is 1. The average molecular weight is 392 g/mol. The molecule has 6 nitrogen and oxygen atoms in total. The topological polar surface area (TPSA) is 74.3 Å². The molecule has 0 spiro atoms. The highest BCUT2D eigenvalue weighted by atomic mass is 32.1. The van der Waals surface area contributed by atoms with E-state index in [2.05, 4.69) is 21.7 Å². The summed E-state index contributed by atoms with van der Waals surface area (Å²) < 4.78 is 0. The van der Waals surface area contributed by atoms with Crippen LogP contribution in [-0.4, -0.2) is 36.4 Å². The van der Waals surface area contributed by atoms with E-state index in [1.165, 1.54) is 16.9 Å². The Morgan fingerprint density at radius 2 is 1.96 bits per heavy atom. The number of benzene rings is 1. The molecule has 2 aromatic heterocycles. The van der Waals surface area contributed by atoms with Crippen molar-refractivity contribution >= 4 is 34.7 Å². The lowest BCUT2D eigenvalue weighted by molar-refractivity contribution is 0.0956. The zero-order chi connectivity index (χ0) is 19.3. The Morgan fingerprint density at radius 1 is 1.07 bits per heavy atom. The monoisotopic (exact) mass is 392 g/mol. The SMILES string of the molecule is O=C(NCCNc1ncccc1C(=O)N1CCc2ccccc21)c1cccs1. The molecular weight excluding hydrogens is 372 g/mol. The molecule has 1 aliphatic heterocycles. The van der Waals surface area contributed by atoms with Gasteiger partial charge in [-0.25, -0.2) is 4.98 Å². The third-order valence-corrected chi connectivity index (χ3v) is 5.49. The Labute approximate surface area is 167 Å². The maximum Gasteiger partial charge on any atom is 0.262 e. The van der Waals surface area contributed by atoms with Crippen LogP contribution in [-0.2, 0) is 6.42 Å². The lowest BCUT2D eigenvalue weighted by Gasteiger charge is -2.19. The maximum atomic E-state index is 13.1. The molecule has 1 aromatic carbocycles. The zero-order valence-corrected chi connectivity index (χ0v) is 16.0. The Bertz CT molecular complexity index is 988. The van der Waals surface area contributed by atoms with Crippen LogP contribution in [0.3, 0.4) is 0 Å². The summed E-state index contributed by atoms with van der Waals surface area (Å²) in [6.45, 7) is 1.59. The Balaban J connectivity index is 1.40. The van der Waals surface area contributed by atoms with Crippen LogP contribution < -0.4 is 15.5 Å². The van der Waals surface area contributed by atoms with E-state index >= 15 is 0 Å². The third-order valence-electron chi connectivity index (χ3n) is 4.62. The summed E-state index contributed by atoms with van der Waals surface area (Å²) in [6.07, 6.45) is 2.51. The van der Waals surface area contributed by atoms with Crippen molar-refractivity contribution in [2.75, 3.05) is 29.9 Å². The van der Waals surface area contributed by atoms with Crippen molar-refractivity contribution in [3.8, 4) is 0 Å². The van der Waals surface area contributed by atoms with Gasteiger partial charge in [0.2, 0.25) is 0 Å². The molecule has 0 saturated carbocycles. The number of nitrogens with zero attached hydrogens (tertiary/aromatic N) is 2. The summed E-state index contributed by atoms with van der Waals surface area (Å²) in [5.74, 6) is 0.369. The minimum Gasteiger partial charge on any atom is -0.368 e. The lowest BCUT2D eigenvalue weighted by atomic mass is 10.1. The van der Waals surface area contributed by atoms with Gasteiger partial charge < -0.3 is 15.5 Å². The van der Waals surface area contributed by atoms with Gasteiger partial charge in [0.1, 0.15) is 5.82 Å². The van der Waals surface area contributed by atoms with E-state index in [1.54, 1.807) is 29.3 Å². The van der Waals surface area contributed by atoms with Gasteiger partial charge in [-0.3, -0.25) is 9.59 Å². The van der Waals surface area contributed by atoms with Crippen molar-refractivity contribution in [1.29, 1.82) is 0 Å². The first kappa shape index (κ1) is 18.2. The molecule has 2 N–H and O–H groups in total. The molecule has 142 valence electrons. The first-order valence-electron chi connectivity index (χ1n) is 9.14. The average Bonchev–Trinajstić information content (AvgIpc) is 3.41. The molecule has 0 atom stereocenters. The van der Waals surface area contributed by atoms with E-state index in [0.29, 0.717) is 35.9 Å². The summed E-state index contributed by atoms with van der Waals surface area (Å²) in [5.41, 5.74) is 2.68. The third kappa shape index (κ3) is 3.75. The van der Waals surface area contributed by atoms with Gasteiger partial charge in [0.25, 0.3) is 11.8 Å². The second-order valence-corrected chi connectivity index (χ2v) is 7.34. The Hall–Kier alpha value is -3.19. The van der Waals surface area contributed by atoms with E-state index in [4.69, 9.17) is 0 Å². The van der Waals surface area contributed by atoms with Crippen LogP contribution in [0.2, 0.25) is 0 Å². The fourth-order valence-corrected chi connectivity index (χ4v) is 3.91. The number of carbonyl (C=O) groups excluding carboxylic acids is 2. The summed E-state index contributed by atoms with van der Waals surface area (Å²) in [5, 5.41) is 7.90. The number of hydrogen-bond acceptors (Lipinski definition) is 5. The Morgan fingerprint density at radius 3 is 2.82 bits per heavy atom. The van der Waals surface area contributed by atoms with Crippen molar-refractivity contribution in [2.45, 2.75) is 6.42 Å². The number of hydrogen-bond donors (Lipinski definition) is 2. The standard InChI is InChI=1S/C21H20N4O2S/c26-20(18-8-4-14-28-18)24-12-11-23-19-16(6-3-10-22-19)21(27)25-13-9-15-5-1-2-7-17(15)25/h1-8,10,14H,9,11-13H2,(H,22,23)(H,24,26). The zero-order valence-electron chi connectivity index (χ0n) is 15.2. The van der Waals surface area contributed by atoms with Crippen LogP contribution in [0.15, 0.2) is 60.1 Å². The number of fused-ring (bicyclic) bond motifs is 1. The number of rotatable bonds is 6. The van der Waals surface area contributed by atoms with Crippen LogP contribution >= 0.6 is 11.3 Å². The number of nitrogens with one attached hydrogen (secondary N) is 2. The molecule has 7 heteroatoms. The van der Waals surface area contributed by atoms with E-state index in [-0.39, 0.29) is 11.8 Å². The molecule has 2 amide bonds. The second kappa shape index (κ2) is 8.22. The summed E-state index contributed by atoms with van der Waals surface area (Å²) in [7, 11) is 0. The highest BCUT2D eigenvalue weighted by Gasteiger charge is 2.26. The molecule has 28 heavy (non-hydrogen) atoms. The van der Waals surface area contributed by atoms with Gasteiger partial charge in [0, 0.05) is 31.5 Å². The molecular formula is C21H20N4O2S. The molecule has 3 aromatic rings. The van der Waals surface area contributed by atoms with Gasteiger partial charge >= 0.3 is 0 Å².